The van der Waals surface area contributed by atoms with Crippen LogP contribution in [-0.4, -0.2) is 63.5 Å². The molecule has 0 radical (unpaired) electrons. The number of halogens is 2. The van der Waals surface area contributed by atoms with Crippen molar-refractivity contribution in [1.29, 1.82) is 0 Å². The molecule has 0 aliphatic carbocycles. The number of nitrogens with one attached hydrogen (secondary N) is 1. The van der Waals surface area contributed by atoms with Crippen LogP contribution in [0.3, 0.4) is 0 Å². The summed E-state index contributed by atoms with van der Waals surface area (Å²) in [5.41, 5.74) is 2.70. The third kappa shape index (κ3) is 5.42. The average molecular weight is 550 g/mol. The van der Waals surface area contributed by atoms with E-state index in [4.69, 9.17) is 4.74 Å². The van der Waals surface area contributed by atoms with E-state index >= 15 is 4.39 Å². The quantitative estimate of drug-likeness (QED) is 0.272. The van der Waals surface area contributed by atoms with Gasteiger partial charge in [0.05, 0.1) is 24.9 Å². The Morgan fingerprint density at radius 3 is 2.48 bits per heavy atom. The lowest BCUT2D eigenvalue weighted by Crippen LogP contribution is -2.52. The van der Waals surface area contributed by atoms with Crippen molar-refractivity contribution in [2.24, 2.45) is 10.4 Å². The molecule has 0 saturated carbocycles. The lowest BCUT2D eigenvalue weighted by atomic mass is 9.76. The van der Waals surface area contributed by atoms with E-state index in [1.165, 1.54) is 24.5 Å². The molecule has 1 atom stereocenters. The van der Waals surface area contributed by atoms with Gasteiger partial charge >= 0.3 is 0 Å². The van der Waals surface area contributed by atoms with Gasteiger partial charge in [0, 0.05) is 23.1 Å². The van der Waals surface area contributed by atoms with Crippen LogP contribution in [0.2, 0.25) is 0 Å². The monoisotopic (exact) mass is 549 g/mol. The number of hydrogen-bond donors (Lipinski definition) is 1. The normalized spacial score (nSPS) is 18.8. The topological polar surface area (TPSA) is 80.5 Å². The molecular formula is C30H37F2N7O. The van der Waals surface area contributed by atoms with Crippen molar-refractivity contribution < 1.29 is 13.5 Å². The lowest BCUT2D eigenvalue weighted by molar-refractivity contribution is -0.141. The molecule has 0 bridgehead atoms. The fourth-order valence-electron chi connectivity index (χ4n) is 5.64. The molecule has 2 aromatic heterocycles. The Labute approximate surface area is 233 Å². The molecule has 8 nitrogen and oxygen atoms in total. The van der Waals surface area contributed by atoms with E-state index in [-0.39, 0.29) is 29.2 Å². The molecule has 2 aliphatic heterocycles. The summed E-state index contributed by atoms with van der Waals surface area (Å²) in [6.07, 6.45) is 7.22. The molecule has 2 fully saturated rings. The second-order valence-electron chi connectivity index (χ2n) is 11.3. The maximum Gasteiger partial charge on any atom is 0.229 e. The van der Waals surface area contributed by atoms with Crippen LogP contribution >= 0.6 is 0 Å². The number of ether oxygens (including phenoxy) is 1. The summed E-state index contributed by atoms with van der Waals surface area (Å²) >= 11 is 0. The van der Waals surface area contributed by atoms with Gasteiger partial charge in [-0.05, 0) is 85.5 Å². The Morgan fingerprint density at radius 2 is 1.85 bits per heavy atom. The Balaban J connectivity index is 1.35. The third-order valence-electron chi connectivity index (χ3n) is 8.26. The van der Waals surface area contributed by atoms with Gasteiger partial charge in [0.2, 0.25) is 5.95 Å². The van der Waals surface area contributed by atoms with Gasteiger partial charge in [0.1, 0.15) is 22.9 Å². The van der Waals surface area contributed by atoms with E-state index in [9.17, 15) is 4.39 Å². The molecule has 4 heterocycles. The number of aryl methyl sites for hydroxylation is 1. The summed E-state index contributed by atoms with van der Waals surface area (Å²) in [5.74, 6) is 0.0505. The highest BCUT2D eigenvalue weighted by Crippen LogP contribution is 2.39. The predicted octanol–water partition coefficient (Wildman–Crippen LogP) is 6.06. The van der Waals surface area contributed by atoms with E-state index in [1.54, 1.807) is 6.07 Å². The highest BCUT2D eigenvalue weighted by atomic mass is 19.1. The van der Waals surface area contributed by atoms with Crippen molar-refractivity contribution >= 4 is 23.7 Å². The van der Waals surface area contributed by atoms with Crippen molar-refractivity contribution in [1.82, 2.24) is 24.4 Å². The SMILES string of the molecule is C=N/C(=C\C=C(/C)[C@@H](C)N1CCC2(CC1)COC2)Nc1ncc(F)c(-c2cc(F)c3nc(C)n(C(C)C)c3c2)n1. The molecule has 0 amide bonds. The first-order chi connectivity index (χ1) is 19.1. The second-order valence-corrected chi connectivity index (χ2v) is 11.3. The summed E-state index contributed by atoms with van der Waals surface area (Å²) in [5, 5.41) is 3.01. The van der Waals surface area contributed by atoms with Crippen molar-refractivity contribution in [3.8, 4) is 11.3 Å². The lowest BCUT2D eigenvalue weighted by Gasteiger charge is -2.48. The molecule has 5 rings (SSSR count). The van der Waals surface area contributed by atoms with Crippen LogP contribution in [0.5, 0.6) is 0 Å². The van der Waals surface area contributed by atoms with Gasteiger partial charge in [-0.1, -0.05) is 11.6 Å². The minimum absolute atomic E-state index is 0.0176. The van der Waals surface area contributed by atoms with Gasteiger partial charge in [0.25, 0.3) is 0 Å². The van der Waals surface area contributed by atoms with Crippen molar-refractivity contribution in [3.05, 3.63) is 59.3 Å². The number of fused-ring (bicyclic) bond motifs is 1. The Hall–Kier alpha value is -3.50. The van der Waals surface area contributed by atoms with E-state index in [1.807, 2.05) is 37.5 Å². The zero-order chi connectivity index (χ0) is 28.6. The molecule has 212 valence electrons. The van der Waals surface area contributed by atoms with Gasteiger partial charge < -0.3 is 14.6 Å². The average Bonchev–Trinajstić information content (AvgIpc) is 3.27. The first-order valence-electron chi connectivity index (χ1n) is 13.8. The fourth-order valence-corrected chi connectivity index (χ4v) is 5.64. The number of nitrogens with zero attached hydrogens (tertiary/aromatic N) is 6. The largest absolute Gasteiger partial charge is 0.380 e. The number of likely N-dealkylation sites (tertiary alicyclic amines) is 1. The first-order valence-corrected chi connectivity index (χ1v) is 13.8. The maximum absolute atomic E-state index is 15.0. The standard InChI is InChI=1S/C30H37F2N7O/c1-18(2)39-21(5)35-28-23(31)13-22(14-25(28)39)27-24(32)15-34-29(37-27)36-26(33-6)8-7-19(3)20(4)38-11-9-30(10-12-38)16-40-17-30/h7-8,13-15,18,20H,6,9-12,16-17H2,1-5H3,(H,34,36,37)/b19-7+,26-8+/t20-/m1/s1. The number of hydrogen-bond acceptors (Lipinski definition) is 7. The third-order valence-corrected chi connectivity index (χ3v) is 8.26. The molecule has 10 heteroatoms. The molecule has 1 N–H and O–H groups in total. The molecule has 3 aromatic rings. The van der Waals surface area contributed by atoms with Gasteiger partial charge in [-0.2, -0.15) is 0 Å². The number of aromatic nitrogens is 4. The number of anilines is 1. The minimum Gasteiger partial charge on any atom is -0.380 e. The summed E-state index contributed by atoms with van der Waals surface area (Å²) in [4.78, 5) is 19.3. The summed E-state index contributed by atoms with van der Waals surface area (Å²) in [6.45, 7) is 17.7. The first kappa shape index (κ1) is 28.0. The zero-order valence-corrected chi connectivity index (χ0v) is 23.8. The molecule has 2 aliphatic rings. The molecular weight excluding hydrogens is 512 g/mol. The zero-order valence-electron chi connectivity index (χ0n) is 23.8. The molecule has 1 spiro atoms. The van der Waals surface area contributed by atoms with Crippen LogP contribution in [0.4, 0.5) is 14.7 Å². The van der Waals surface area contributed by atoms with E-state index in [0.717, 1.165) is 32.5 Å². The van der Waals surface area contributed by atoms with E-state index < -0.39 is 11.6 Å². The number of allylic oxidation sites excluding steroid dienone is 2. The highest BCUT2D eigenvalue weighted by Gasteiger charge is 2.41. The highest BCUT2D eigenvalue weighted by molar-refractivity contribution is 5.83. The van der Waals surface area contributed by atoms with Crippen LogP contribution in [-0.2, 0) is 4.74 Å². The Morgan fingerprint density at radius 1 is 1.12 bits per heavy atom. The summed E-state index contributed by atoms with van der Waals surface area (Å²) in [6, 6.07) is 3.30. The fraction of sp³-hybridized carbons (Fsp3) is 0.467. The number of rotatable bonds is 8. The molecule has 1 aromatic carbocycles. The smallest absolute Gasteiger partial charge is 0.229 e. The molecule has 2 saturated heterocycles. The van der Waals surface area contributed by atoms with Crippen LogP contribution in [0.1, 0.15) is 52.4 Å². The Bertz CT molecular complexity index is 1480. The number of aliphatic imine (C=N–C) groups is 1. The number of benzene rings is 1. The van der Waals surface area contributed by atoms with Crippen LogP contribution in [0, 0.1) is 24.0 Å². The summed E-state index contributed by atoms with van der Waals surface area (Å²) in [7, 11) is 0. The van der Waals surface area contributed by atoms with Crippen molar-refractivity contribution in [2.45, 2.75) is 59.5 Å². The van der Waals surface area contributed by atoms with Crippen molar-refractivity contribution in [2.75, 3.05) is 31.6 Å². The minimum atomic E-state index is -0.657. The van der Waals surface area contributed by atoms with Gasteiger partial charge in [0.15, 0.2) is 11.6 Å². The van der Waals surface area contributed by atoms with E-state index in [0.29, 0.717) is 28.1 Å². The second kappa shape index (κ2) is 11.2. The molecule has 0 unspecified atom stereocenters. The Kier molecular flexibility index (Phi) is 7.83. The van der Waals surface area contributed by atoms with Crippen molar-refractivity contribution in [3.63, 3.8) is 0 Å². The van der Waals surface area contributed by atoms with Gasteiger partial charge in [-0.25, -0.2) is 28.7 Å². The van der Waals surface area contributed by atoms with Crippen LogP contribution < -0.4 is 5.32 Å². The van der Waals surface area contributed by atoms with E-state index in [2.05, 4.69) is 50.7 Å². The predicted molar refractivity (Wildman–Crippen MR) is 154 cm³/mol. The maximum atomic E-state index is 15.0. The summed E-state index contributed by atoms with van der Waals surface area (Å²) < 4.78 is 37.3. The van der Waals surface area contributed by atoms with Crippen LogP contribution in [0.15, 0.2) is 46.9 Å². The number of imidazole rings is 1. The van der Waals surface area contributed by atoms with Crippen LogP contribution in [0.25, 0.3) is 22.3 Å². The molecule has 40 heavy (non-hydrogen) atoms. The van der Waals surface area contributed by atoms with Gasteiger partial charge in [-0.3, -0.25) is 4.90 Å². The number of piperidine rings is 1. The van der Waals surface area contributed by atoms with Gasteiger partial charge in [-0.15, -0.1) is 0 Å².